The number of nitrogens with zero attached hydrogens (tertiary/aromatic N) is 1. The minimum Gasteiger partial charge on any atom is -0.484 e. The van der Waals surface area contributed by atoms with Crippen LogP contribution < -0.4 is 15.0 Å². The molecule has 0 aliphatic carbocycles. The fraction of sp³-hybridized carbons (Fsp3) is 0.391. The summed E-state index contributed by atoms with van der Waals surface area (Å²) in [6, 6.07) is 14.2. The number of aromatic carboxylic acids is 1. The largest absolute Gasteiger partial charge is 0.484 e. The zero-order chi connectivity index (χ0) is 20.5. The fourth-order valence-electron chi connectivity index (χ4n) is 3.52. The van der Waals surface area contributed by atoms with Gasteiger partial charge in [0.1, 0.15) is 5.75 Å². The van der Waals surface area contributed by atoms with Gasteiger partial charge < -0.3 is 20.1 Å². The van der Waals surface area contributed by atoms with Crippen LogP contribution in [0.5, 0.6) is 5.75 Å². The first-order valence-electron chi connectivity index (χ1n) is 10.2. The highest BCUT2D eigenvalue weighted by molar-refractivity contribution is 5.96. The van der Waals surface area contributed by atoms with Crippen molar-refractivity contribution in [2.75, 3.05) is 24.6 Å². The number of hydrogen-bond donors (Lipinski definition) is 2. The third-order valence-corrected chi connectivity index (χ3v) is 5.07. The SMILES string of the molecule is O=C(O)c1ccc2c(c1)CNCCCCCCCN2C(=O)COc1ccccc1. The van der Waals surface area contributed by atoms with Crippen LogP contribution in [0.25, 0.3) is 0 Å². The number of benzene rings is 2. The van der Waals surface area contributed by atoms with Gasteiger partial charge in [0.2, 0.25) is 0 Å². The molecule has 1 aliphatic rings. The summed E-state index contributed by atoms with van der Waals surface area (Å²) in [5.41, 5.74) is 1.80. The minimum atomic E-state index is -0.968. The second-order valence-electron chi connectivity index (χ2n) is 7.24. The number of fused-ring (bicyclic) bond motifs is 1. The van der Waals surface area contributed by atoms with Gasteiger partial charge in [-0.1, -0.05) is 37.5 Å². The Hall–Kier alpha value is -2.86. The summed E-state index contributed by atoms with van der Waals surface area (Å²) in [6.45, 7) is 1.94. The molecule has 0 saturated heterocycles. The Morgan fingerprint density at radius 2 is 1.76 bits per heavy atom. The van der Waals surface area contributed by atoms with Gasteiger partial charge in [0.25, 0.3) is 5.91 Å². The highest BCUT2D eigenvalue weighted by Crippen LogP contribution is 2.24. The summed E-state index contributed by atoms with van der Waals surface area (Å²) in [5.74, 6) is -0.447. The van der Waals surface area contributed by atoms with Gasteiger partial charge >= 0.3 is 5.97 Å². The Labute approximate surface area is 171 Å². The van der Waals surface area contributed by atoms with E-state index in [-0.39, 0.29) is 18.1 Å². The molecule has 0 aromatic heterocycles. The zero-order valence-corrected chi connectivity index (χ0v) is 16.6. The lowest BCUT2D eigenvalue weighted by atomic mass is 10.1. The minimum absolute atomic E-state index is 0.0580. The number of carboxylic acid groups (broad SMARTS) is 1. The van der Waals surface area contributed by atoms with E-state index >= 15 is 0 Å². The van der Waals surface area contributed by atoms with E-state index in [1.54, 1.807) is 23.1 Å². The van der Waals surface area contributed by atoms with Crippen molar-refractivity contribution in [2.24, 2.45) is 0 Å². The molecule has 1 aliphatic heterocycles. The number of nitrogens with one attached hydrogen (secondary N) is 1. The van der Waals surface area contributed by atoms with Crippen molar-refractivity contribution in [3.05, 3.63) is 59.7 Å². The molecule has 0 atom stereocenters. The van der Waals surface area contributed by atoms with Gasteiger partial charge in [-0.2, -0.15) is 0 Å². The van der Waals surface area contributed by atoms with Gasteiger partial charge in [-0.15, -0.1) is 0 Å². The molecule has 0 saturated carbocycles. The average Bonchev–Trinajstić information content (AvgIpc) is 2.73. The summed E-state index contributed by atoms with van der Waals surface area (Å²) < 4.78 is 5.67. The molecule has 6 heteroatoms. The molecule has 154 valence electrons. The Balaban J connectivity index is 1.84. The van der Waals surface area contributed by atoms with E-state index in [9.17, 15) is 14.7 Å². The van der Waals surface area contributed by atoms with E-state index in [0.717, 1.165) is 49.9 Å². The molecule has 0 radical (unpaired) electrons. The number of hydrogen-bond acceptors (Lipinski definition) is 4. The van der Waals surface area contributed by atoms with E-state index < -0.39 is 5.97 Å². The molecule has 1 heterocycles. The van der Waals surface area contributed by atoms with Crippen molar-refractivity contribution < 1.29 is 19.4 Å². The number of carbonyl (C=O) groups excluding carboxylic acids is 1. The third-order valence-electron chi connectivity index (χ3n) is 5.07. The third kappa shape index (κ3) is 6.06. The quantitative estimate of drug-likeness (QED) is 0.821. The van der Waals surface area contributed by atoms with Gasteiger partial charge in [0, 0.05) is 18.8 Å². The van der Waals surface area contributed by atoms with Crippen LogP contribution in [0.2, 0.25) is 0 Å². The van der Waals surface area contributed by atoms with E-state index in [1.165, 1.54) is 0 Å². The molecular weight excluding hydrogens is 368 g/mol. The summed E-state index contributed by atoms with van der Waals surface area (Å²) in [4.78, 5) is 26.2. The zero-order valence-electron chi connectivity index (χ0n) is 16.6. The molecular formula is C23H28N2O4. The Kier molecular flexibility index (Phi) is 7.64. The first-order chi connectivity index (χ1) is 14.1. The van der Waals surface area contributed by atoms with Crippen LogP contribution in [0.1, 0.15) is 48.0 Å². The number of anilines is 1. The van der Waals surface area contributed by atoms with E-state index in [4.69, 9.17) is 4.74 Å². The summed E-state index contributed by atoms with van der Waals surface area (Å²) >= 11 is 0. The molecule has 29 heavy (non-hydrogen) atoms. The lowest BCUT2D eigenvalue weighted by molar-refractivity contribution is -0.120. The lowest BCUT2D eigenvalue weighted by Gasteiger charge is -2.26. The normalized spacial score (nSPS) is 15.5. The Morgan fingerprint density at radius 1 is 1.00 bits per heavy atom. The summed E-state index contributed by atoms with van der Waals surface area (Å²) in [6.07, 6.45) is 5.37. The Morgan fingerprint density at radius 3 is 2.55 bits per heavy atom. The van der Waals surface area contributed by atoms with Crippen molar-refractivity contribution in [2.45, 2.75) is 38.6 Å². The van der Waals surface area contributed by atoms with Crippen molar-refractivity contribution in [3.8, 4) is 5.75 Å². The van der Waals surface area contributed by atoms with Gasteiger partial charge in [0.15, 0.2) is 6.61 Å². The maximum Gasteiger partial charge on any atom is 0.335 e. The second kappa shape index (κ2) is 10.6. The molecule has 6 nitrogen and oxygen atoms in total. The monoisotopic (exact) mass is 396 g/mol. The maximum absolute atomic E-state index is 13.0. The molecule has 2 aromatic rings. The Bertz CT molecular complexity index is 823. The first kappa shape index (κ1) is 20.9. The molecule has 0 fully saturated rings. The summed E-state index contributed by atoms with van der Waals surface area (Å²) in [7, 11) is 0. The highest BCUT2D eigenvalue weighted by atomic mass is 16.5. The number of amides is 1. The predicted octanol–water partition coefficient (Wildman–Crippen LogP) is 3.85. The molecule has 2 N–H and O–H groups in total. The van der Waals surface area contributed by atoms with Crippen LogP contribution in [0.3, 0.4) is 0 Å². The molecule has 0 spiro atoms. The number of carbonyl (C=O) groups is 2. The van der Waals surface area contributed by atoms with Crippen molar-refractivity contribution in [3.63, 3.8) is 0 Å². The van der Waals surface area contributed by atoms with Gasteiger partial charge in [-0.25, -0.2) is 4.79 Å². The van der Waals surface area contributed by atoms with Crippen LogP contribution in [-0.2, 0) is 11.3 Å². The number of para-hydroxylation sites is 1. The molecule has 3 rings (SSSR count). The summed E-state index contributed by atoms with van der Waals surface area (Å²) in [5, 5.41) is 12.7. The standard InChI is InChI=1S/C23H28N2O4/c26-22(17-29-20-9-5-4-6-10-20)25-14-8-3-1-2-7-13-24-16-19-15-18(23(27)28)11-12-21(19)25/h4-6,9-12,15,24H,1-3,7-8,13-14,16-17H2,(H,27,28). The smallest absolute Gasteiger partial charge is 0.335 e. The lowest BCUT2D eigenvalue weighted by Crippen LogP contribution is -2.37. The topological polar surface area (TPSA) is 78.9 Å². The van der Waals surface area contributed by atoms with Crippen LogP contribution >= 0.6 is 0 Å². The fourth-order valence-corrected chi connectivity index (χ4v) is 3.52. The number of carboxylic acids is 1. The predicted molar refractivity (Wildman–Crippen MR) is 112 cm³/mol. The van der Waals surface area contributed by atoms with Crippen LogP contribution in [0.15, 0.2) is 48.5 Å². The van der Waals surface area contributed by atoms with Crippen LogP contribution in [0.4, 0.5) is 5.69 Å². The molecule has 2 aromatic carbocycles. The van der Waals surface area contributed by atoms with Crippen molar-refractivity contribution >= 4 is 17.6 Å². The highest BCUT2D eigenvalue weighted by Gasteiger charge is 2.20. The van der Waals surface area contributed by atoms with E-state index in [2.05, 4.69) is 5.32 Å². The average molecular weight is 396 g/mol. The van der Waals surface area contributed by atoms with E-state index in [1.807, 2.05) is 30.3 Å². The molecule has 0 unspecified atom stereocenters. The van der Waals surface area contributed by atoms with Gasteiger partial charge in [-0.3, -0.25) is 4.79 Å². The van der Waals surface area contributed by atoms with Crippen LogP contribution in [-0.4, -0.2) is 36.7 Å². The number of ether oxygens (including phenoxy) is 1. The number of rotatable bonds is 4. The molecule has 0 bridgehead atoms. The van der Waals surface area contributed by atoms with Gasteiger partial charge in [-0.05, 0) is 55.3 Å². The maximum atomic E-state index is 13.0. The van der Waals surface area contributed by atoms with E-state index in [0.29, 0.717) is 18.8 Å². The van der Waals surface area contributed by atoms with Gasteiger partial charge in [0.05, 0.1) is 5.56 Å². The second-order valence-corrected chi connectivity index (χ2v) is 7.24. The van der Waals surface area contributed by atoms with Crippen molar-refractivity contribution in [1.29, 1.82) is 0 Å². The molecule has 1 amide bonds. The van der Waals surface area contributed by atoms with Crippen LogP contribution in [0, 0.1) is 0 Å². The van der Waals surface area contributed by atoms with Crippen molar-refractivity contribution in [1.82, 2.24) is 5.32 Å². The first-order valence-corrected chi connectivity index (χ1v) is 10.2.